The predicted octanol–water partition coefficient (Wildman–Crippen LogP) is 4.06. The van der Waals surface area contributed by atoms with E-state index in [0.29, 0.717) is 11.4 Å². The second-order valence-corrected chi connectivity index (χ2v) is 8.16. The molecule has 0 bridgehead atoms. The lowest BCUT2D eigenvalue weighted by molar-refractivity contribution is 0.0138. The molecular formula is C21H26N4O3. The molecule has 1 aromatic carbocycles. The van der Waals surface area contributed by atoms with Crippen molar-refractivity contribution in [3.8, 4) is 11.9 Å². The van der Waals surface area contributed by atoms with Crippen molar-refractivity contribution < 1.29 is 14.3 Å². The van der Waals surface area contributed by atoms with Crippen LogP contribution >= 0.6 is 0 Å². The number of carbonyl (C=O) groups excluding carboxylic acids is 1. The van der Waals surface area contributed by atoms with E-state index in [1.54, 1.807) is 30.1 Å². The van der Waals surface area contributed by atoms with Crippen LogP contribution in [0.15, 0.2) is 24.5 Å². The number of hydrogen-bond donors (Lipinski definition) is 0. The number of hydrogen-bond acceptors (Lipinski definition) is 6. The van der Waals surface area contributed by atoms with E-state index >= 15 is 0 Å². The minimum atomic E-state index is -0.498. The molecule has 28 heavy (non-hydrogen) atoms. The molecule has 0 unspecified atom stereocenters. The zero-order valence-electron chi connectivity index (χ0n) is 16.8. The van der Waals surface area contributed by atoms with E-state index in [2.05, 4.69) is 16.0 Å². The molecule has 2 aromatic rings. The molecule has 1 fully saturated rings. The maximum absolute atomic E-state index is 12.3. The number of carbonyl (C=O) groups is 1. The summed E-state index contributed by atoms with van der Waals surface area (Å²) >= 11 is 0. The number of amides is 1. The average Bonchev–Trinajstić information content (AvgIpc) is 2.66. The maximum Gasteiger partial charge on any atom is 0.410 e. The minimum Gasteiger partial charge on any atom is -0.474 e. The van der Waals surface area contributed by atoms with Crippen molar-refractivity contribution in [1.82, 2.24) is 14.9 Å². The van der Waals surface area contributed by atoms with Crippen LogP contribution in [-0.4, -0.2) is 45.8 Å². The highest BCUT2D eigenvalue weighted by Crippen LogP contribution is 2.29. The van der Waals surface area contributed by atoms with Gasteiger partial charge in [-0.1, -0.05) is 0 Å². The van der Waals surface area contributed by atoms with Crippen LogP contribution < -0.4 is 4.74 Å². The molecule has 0 spiro atoms. The van der Waals surface area contributed by atoms with Crippen LogP contribution in [0.2, 0.25) is 0 Å². The monoisotopic (exact) mass is 382 g/mol. The summed E-state index contributed by atoms with van der Waals surface area (Å²) in [5, 5.41) is 9.88. The van der Waals surface area contributed by atoms with Gasteiger partial charge in [-0.15, -0.1) is 0 Å². The van der Waals surface area contributed by atoms with E-state index in [1.165, 1.54) is 6.33 Å². The summed E-state index contributed by atoms with van der Waals surface area (Å²) in [7, 11) is 1.79. The predicted molar refractivity (Wildman–Crippen MR) is 105 cm³/mol. The van der Waals surface area contributed by atoms with Crippen LogP contribution in [0.5, 0.6) is 5.88 Å². The van der Waals surface area contributed by atoms with Crippen molar-refractivity contribution in [3.05, 3.63) is 30.1 Å². The van der Waals surface area contributed by atoms with Crippen LogP contribution in [0, 0.1) is 11.3 Å². The van der Waals surface area contributed by atoms with E-state index in [9.17, 15) is 4.79 Å². The van der Waals surface area contributed by atoms with Crippen LogP contribution in [0.4, 0.5) is 4.79 Å². The molecule has 0 saturated heterocycles. The maximum atomic E-state index is 12.3. The number of nitrogens with zero attached hydrogens (tertiary/aromatic N) is 4. The van der Waals surface area contributed by atoms with Crippen molar-refractivity contribution >= 4 is 17.0 Å². The highest BCUT2D eigenvalue weighted by Gasteiger charge is 2.30. The largest absolute Gasteiger partial charge is 0.474 e. The molecule has 7 heteroatoms. The first-order valence-corrected chi connectivity index (χ1v) is 9.54. The Balaban J connectivity index is 1.63. The lowest BCUT2D eigenvalue weighted by Gasteiger charge is -2.35. The van der Waals surface area contributed by atoms with Gasteiger partial charge in [0, 0.05) is 13.1 Å². The Hall–Kier alpha value is -2.88. The van der Waals surface area contributed by atoms with E-state index < -0.39 is 5.60 Å². The quantitative estimate of drug-likeness (QED) is 0.795. The van der Waals surface area contributed by atoms with Gasteiger partial charge in [-0.2, -0.15) is 5.26 Å². The number of fused-ring (bicyclic) bond motifs is 1. The zero-order chi connectivity index (χ0) is 20.3. The number of benzene rings is 1. The van der Waals surface area contributed by atoms with Gasteiger partial charge >= 0.3 is 6.09 Å². The molecule has 1 aliphatic rings. The van der Waals surface area contributed by atoms with Crippen LogP contribution in [0.25, 0.3) is 10.9 Å². The molecule has 1 amide bonds. The number of nitriles is 1. The summed E-state index contributed by atoms with van der Waals surface area (Å²) in [5.74, 6) is 0.506. The van der Waals surface area contributed by atoms with E-state index in [4.69, 9.17) is 14.7 Å². The summed E-state index contributed by atoms with van der Waals surface area (Å²) in [4.78, 5) is 22.5. The molecular weight excluding hydrogens is 356 g/mol. The zero-order valence-corrected chi connectivity index (χ0v) is 16.8. The Morgan fingerprint density at radius 1 is 1.21 bits per heavy atom. The molecule has 0 N–H and O–H groups in total. The molecule has 0 atom stereocenters. The van der Waals surface area contributed by atoms with Gasteiger partial charge < -0.3 is 14.4 Å². The van der Waals surface area contributed by atoms with E-state index in [1.807, 2.05) is 20.8 Å². The first kappa shape index (κ1) is 19.9. The highest BCUT2D eigenvalue weighted by molar-refractivity contribution is 5.84. The summed E-state index contributed by atoms with van der Waals surface area (Å²) in [6, 6.07) is 7.57. The SMILES string of the molecule is CN(C(=O)OC(C)(C)C)C1CCC(Oc2ncnc3ccc(C#N)cc23)CC1. The number of rotatable bonds is 3. The number of aromatic nitrogens is 2. The van der Waals surface area contributed by atoms with Gasteiger partial charge in [0.2, 0.25) is 5.88 Å². The molecule has 0 radical (unpaired) electrons. The Bertz CT molecular complexity index is 893. The molecule has 7 nitrogen and oxygen atoms in total. The third-order valence-electron chi connectivity index (χ3n) is 4.88. The molecule has 1 saturated carbocycles. The lowest BCUT2D eigenvalue weighted by Crippen LogP contribution is -2.43. The van der Waals surface area contributed by atoms with Gasteiger partial charge in [0.25, 0.3) is 0 Å². The van der Waals surface area contributed by atoms with Crippen LogP contribution in [-0.2, 0) is 4.74 Å². The minimum absolute atomic E-state index is 0.0205. The molecule has 148 valence electrons. The van der Waals surface area contributed by atoms with E-state index in [-0.39, 0.29) is 18.2 Å². The van der Waals surface area contributed by atoms with Gasteiger partial charge in [0.1, 0.15) is 18.0 Å². The van der Waals surface area contributed by atoms with Crippen molar-refractivity contribution in [2.45, 2.75) is 64.2 Å². The van der Waals surface area contributed by atoms with Crippen LogP contribution in [0.1, 0.15) is 52.0 Å². The van der Waals surface area contributed by atoms with Crippen LogP contribution in [0.3, 0.4) is 0 Å². The fraction of sp³-hybridized carbons (Fsp3) is 0.524. The Morgan fingerprint density at radius 3 is 2.57 bits per heavy atom. The summed E-state index contributed by atoms with van der Waals surface area (Å²) in [6.45, 7) is 5.60. The normalized spacial score (nSPS) is 19.7. The Labute approximate surface area is 165 Å². The second-order valence-electron chi connectivity index (χ2n) is 8.16. The van der Waals surface area contributed by atoms with Gasteiger partial charge in [-0.05, 0) is 64.7 Å². The van der Waals surface area contributed by atoms with E-state index in [0.717, 1.165) is 36.6 Å². The first-order valence-electron chi connectivity index (χ1n) is 9.54. The molecule has 1 aliphatic carbocycles. The summed E-state index contributed by atoms with van der Waals surface area (Å²) in [5.41, 5.74) is 0.805. The van der Waals surface area contributed by atoms with Gasteiger partial charge in [-0.3, -0.25) is 0 Å². The molecule has 0 aliphatic heterocycles. The molecule has 1 heterocycles. The van der Waals surface area contributed by atoms with Crippen molar-refractivity contribution in [2.24, 2.45) is 0 Å². The van der Waals surface area contributed by atoms with Crippen molar-refractivity contribution in [1.29, 1.82) is 5.26 Å². The standard InChI is InChI=1S/C21H26N4O3/c1-21(2,3)28-20(26)25(4)15-6-8-16(9-7-15)27-19-17-11-14(12-22)5-10-18(17)23-13-24-19/h5,10-11,13,15-16H,6-9H2,1-4H3. The summed E-state index contributed by atoms with van der Waals surface area (Å²) < 4.78 is 11.6. The highest BCUT2D eigenvalue weighted by atomic mass is 16.6. The summed E-state index contributed by atoms with van der Waals surface area (Å²) in [6.07, 6.45) is 4.53. The first-order chi connectivity index (χ1) is 13.3. The van der Waals surface area contributed by atoms with Gasteiger partial charge in [0.05, 0.1) is 22.5 Å². The van der Waals surface area contributed by atoms with Gasteiger partial charge in [0.15, 0.2) is 0 Å². The molecule has 3 rings (SSSR count). The third-order valence-corrected chi connectivity index (χ3v) is 4.88. The number of ether oxygens (including phenoxy) is 2. The molecule has 1 aromatic heterocycles. The Kier molecular flexibility index (Phi) is 5.68. The lowest BCUT2D eigenvalue weighted by atomic mass is 9.92. The third kappa shape index (κ3) is 4.69. The van der Waals surface area contributed by atoms with Crippen molar-refractivity contribution in [2.75, 3.05) is 7.05 Å². The van der Waals surface area contributed by atoms with Gasteiger partial charge in [-0.25, -0.2) is 14.8 Å². The smallest absolute Gasteiger partial charge is 0.410 e. The fourth-order valence-electron chi connectivity index (χ4n) is 3.39. The fourth-order valence-corrected chi connectivity index (χ4v) is 3.39. The Morgan fingerprint density at radius 2 is 1.93 bits per heavy atom. The average molecular weight is 382 g/mol. The van der Waals surface area contributed by atoms with Crippen molar-refractivity contribution in [3.63, 3.8) is 0 Å². The topological polar surface area (TPSA) is 88.3 Å². The second kappa shape index (κ2) is 8.01.